The highest BCUT2D eigenvalue weighted by molar-refractivity contribution is 5.80. The van der Waals surface area contributed by atoms with Gasteiger partial charge in [-0.3, -0.25) is 4.89 Å². The van der Waals surface area contributed by atoms with Gasteiger partial charge < -0.3 is 0 Å². The number of carbonyl (C=O) groups excluding carboxylic acids is 1. The summed E-state index contributed by atoms with van der Waals surface area (Å²) in [5.74, 6) is -0.603. The van der Waals surface area contributed by atoms with Crippen LogP contribution in [0.2, 0.25) is 0 Å². The van der Waals surface area contributed by atoms with Crippen LogP contribution in [0.25, 0.3) is 11.1 Å². The quantitative estimate of drug-likeness (QED) is 0.466. The maximum Gasteiger partial charge on any atom is 0.365 e. The first kappa shape index (κ1) is 14.0. The van der Waals surface area contributed by atoms with Crippen molar-refractivity contribution < 1.29 is 14.6 Å². The molecule has 2 aromatic rings. The van der Waals surface area contributed by atoms with Crippen LogP contribution in [0.5, 0.6) is 0 Å². The molecule has 3 nitrogen and oxygen atoms in total. The predicted octanol–water partition coefficient (Wildman–Crippen LogP) is 4.08. The zero-order chi connectivity index (χ0) is 14.4. The molecule has 0 aliphatic rings. The van der Waals surface area contributed by atoms with Crippen molar-refractivity contribution in [2.45, 2.75) is 13.0 Å². The highest BCUT2D eigenvalue weighted by Gasteiger charge is 2.14. The summed E-state index contributed by atoms with van der Waals surface area (Å²) in [5, 5.41) is 0. The molecule has 0 heterocycles. The molecule has 0 N–H and O–H groups in total. The molecule has 0 radical (unpaired) electrons. The minimum Gasteiger partial charge on any atom is -0.293 e. The van der Waals surface area contributed by atoms with Crippen LogP contribution in [0.1, 0.15) is 18.6 Å². The van der Waals surface area contributed by atoms with E-state index >= 15 is 0 Å². The van der Waals surface area contributed by atoms with E-state index in [1.807, 2.05) is 61.5 Å². The van der Waals surface area contributed by atoms with Gasteiger partial charge in [-0.2, -0.15) is 4.89 Å². The molecule has 0 saturated heterocycles. The lowest BCUT2D eigenvalue weighted by molar-refractivity contribution is -0.292. The van der Waals surface area contributed by atoms with Gasteiger partial charge in [-0.05, 0) is 23.6 Å². The smallest absolute Gasteiger partial charge is 0.293 e. The van der Waals surface area contributed by atoms with Crippen molar-refractivity contribution in [1.82, 2.24) is 0 Å². The van der Waals surface area contributed by atoms with E-state index < -0.39 is 5.97 Å². The Morgan fingerprint density at radius 3 is 2.45 bits per heavy atom. The highest BCUT2D eigenvalue weighted by Crippen LogP contribution is 2.29. The molecular weight excluding hydrogens is 252 g/mol. The van der Waals surface area contributed by atoms with Crippen molar-refractivity contribution in [3.8, 4) is 11.1 Å². The summed E-state index contributed by atoms with van der Waals surface area (Å²) < 4.78 is 0. The maximum atomic E-state index is 11.0. The van der Waals surface area contributed by atoms with Gasteiger partial charge in [0.25, 0.3) is 0 Å². The summed E-state index contributed by atoms with van der Waals surface area (Å²) in [7, 11) is 0. The molecule has 0 fully saturated rings. The Balaban J connectivity index is 2.24. The van der Waals surface area contributed by atoms with Gasteiger partial charge in [0.15, 0.2) is 0 Å². The van der Waals surface area contributed by atoms with Gasteiger partial charge >= 0.3 is 5.97 Å². The second-order valence-corrected chi connectivity index (χ2v) is 4.30. The van der Waals surface area contributed by atoms with Gasteiger partial charge in [0.1, 0.15) is 6.10 Å². The Morgan fingerprint density at radius 2 is 1.75 bits per heavy atom. The maximum absolute atomic E-state index is 11.0. The number of rotatable bonds is 5. The molecule has 0 amide bonds. The van der Waals surface area contributed by atoms with E-state index in [4.69, 9.17) is 4.89 Å². The largest absolute Gasteiger partial charge is 0.365 e. The number of benzene rings is 2. The van der Waals surface area contributed by atoms with E-state index in [2.05, 4.69) is 11.5 Å². The van der Waals surface area contributed by atoms with E-state index in [0.29, 0.717) is 0 Å². The fraction of sp³-hybridized carbons (Fsp3) is 0.118. The predicted molar refractivity (Wildman–Crippen MR) is 77.7 cm³/mol. The van der Waals surface area contributed by atoms with E-state index in [0.717, 1.165) is 22.8 Å². The van der Waals surface area contributed by atoms with E-state index in [9.17, 15) is 4.79 Å². The Hall–Kier alpha value is -2.39. The third kappa shape index (κ3) is 3.33. The standard InChI is InChI=1S/C17H16O3/c1-3-17(18)20-19-13(2)15-11-7-8-12-16(15)14-9-5-4-6-10-14/h3-13H,1H2,2H3. The van der Waals surface area contributed by atoms with Crippen molar-refractivity contribution in [2.75, 3.05) is 0 Å². The molecule has 3 heteroatoms. The van der Waals surface area contributed by atoms with E-state index in [1.54, 1.807) is 0 Å². The monoisotopic (exact) mass is 268 g/mol. The normalized spacial score (nSPS) is 11.7. The Bertz CT molecular complexity index is 590. The van der Waals surface area contributed by atoms with E-state index in [-0.39, 0.29) is 6.10 Å². The highest BCUT2D eigenvalue weighted by atomic mass is 17.2. The minimum absolute atomic E-state index is 0.365. The van der Waals surface area contributed by atoms with Crippen LogP contribution < -0.4 is 0 Å². The van der Waals surface area contributed by atoms with Crippen LogP contribution in [0, 0.1) is 0 Å². The minimum atomic E-state index is -0.603. The number of carbonyl (C=O) groups is 1. The lowest BCUT2D eigenvalue weighted by Crippen LogP contribution is -2.07. The molecular formula is C17H16O3. The summed E-state index contributed by atoms with van der Waals surface area (Å²) in [6.07, 6.45) is 0.700. The summed E-state index contributed by atoms with van der Waals surface area (Å²) in [5.41, 5.74) is 3.10. The lowest BCUT2D eigenvalue weighted by Gasteiger charge is -2.15. The van der Waals surface area contributed by atoms with Crippen LogP contribution >= 0.6 is 0 Å². The SMILES string of the molecule is C=CC(=O)OOC(C)c1ccccc1-c1ccccc1. The first-order chi connectivity index (χ1) is 9.72. The number of hydrogen-bond acceptors (Lipinski definition) is 3. The molecule has 1 atom stereocenters. The van der Waals surface area contributed by atoms with Crippen molar-refractivity contribution >= 4 is 5.97 Å². The molecule has 2 aromatic carbocycles. The number of hydrogen-bond donors (Lipinski definition) is 0. The van der Waals surface area contributed by atoms with Gasteiger partial charge in [0.2, 0.25) is 0 Å². The third-order valence-corrected chi connectivity index (χ3v) is 2.92. The van der Waals surface area contributed by atoms with Crippen LogP contribution in [0.15, 0.2) is 67.3 Å². The van der Waals surface area contributed by atoms with Gasteiger partial charge in [-0.25, -0.2) is 4.79 Å². The fourth-order valence-electron chi connectivity index (χ4n) is 1.94. The molecule has 0 bridgehead atoms. The van der Waals surface area contributed by atoms with Gasteiger partial charge in [0.05, 0.1) is 0 Å². The zero-order valence-corrected chi connectivity index (χ0v) is 11.3. The lowest BCUT2D eigenvalue weighted by atomic mass is 9.97. The molecule has 1 unspecified atom stereocenters. The Morgan fingerprint density at radius 1 is 1.10 bits per heavy atom. The summed E-state index contributed by atoms with van der Waals surface area (Å²) in [6, 6.07) is 17.9. The molecule has 2 rings (SSSR count). The molecule has 0 saturated carbocycles. The van der Waals surface area contributed by atoms with Gasteiger partial charge in [-0.15, -0.1) is 0 Å². The Kier molecular flexibility index (Phi) is 4.69. The summed E-state index contributed by atoms with van der Waals surface area (Å²) >= 11 is 0. The Labute approximate surface area is 118 Å². The molecule has 0 aromatic heterocycles. The second-order valence-electron chi connectivity index (χ2n) is 4.30. The third-order valence-electron chi connectivity index (χ3n) is 2.92. The molecule has 0 aliphatic heterocycles. The van der Waals surface area contributed by atoms with Crippen molar-refractivity contribution in [1.29, 1.82) is 0 Å². The summed E-state index contributed by atoms with van der Waals surface area (Å²) in [6.45, 7) is 5.15. The average molecular weight is 268 g/mol. The topological polar surface area (TPSA) is 35.5 Å². The van der Waals surface area contributed by atoms with Crippen LogP contribution in [-0.2, 0) is 14.6 Å². The first-order valence-electron chi connectivity index (χ1n) is 6.36. The van der Waals surface area contributed by atoms with Crippen molar-refractivity contribution in [3.05, 3.63) is 72.8 Å². The summed E-state index contributed by atoms with van der Waals surface area (Å²) in [4.78, 5) is 20.8. The molecule has 20 heavy (non-hydrogen) atoms. The van der Waals surface area contributed by atoms with Crippen molar-refractivity contribution in [2.24, 2.45) is 0 Å². The molecule has 0 aliphatic carbocycles. The van der Waals surface area contributed by atoms with Crippen LogP contribution in [0.3, 0.4) is 0 Å². The second kappa shape index (κ2) is 6.68. The molecule has 0 spiro atoms. The van der Waals surface area contributed by atoms with Gasteiger partial charge in [-0.1, -0.05) is 61.2 Å². The average Bonchev–Trinajstić information content (AvgIpc) is 2.53. The van der Waals surface area contributed by atoms with Crippen LogP contribution in [0.4, 0.5) is 0 Å². The van der Waals surface area contributed by atoms with E-state index in [1.165, 1.54) is 0 Å². The zero-order valence-electron chi connectivity index (χ0n) is 11.3. The van der Waals surface area contributed by atoms with Gasteiger partial charge in [0, 0.05) is 6.08 Å². The fourth-order valence-corrected chi connectivity index (χ4v) is 1.94. The van der Waals surface area contributed by atoms with Crippen LogP contribution in [-0.4, -0.2) is 5.97 Å². The first-order valence-corrected chi connectivity index (χ1v) is 6.36. The molecule has 102 valence electrons. The van der Waals surface area contributed by atoms with Crippen molar-refractivity contribution in [3.63, 3.8) is 0 Å².